The molecule has 0 bridgehead atoms. The van der Waals surface area contributed by atoms with E-state index in [4.69, 9.17) is 9.47 Å². The number of hydrogen-bond acceptors (Lipinski definition) is 4. The van der Waals surface area contributed by atoms with Crippen molar-refractivity contribution in [3.63, 3.8) is 0 Å². The van der Waals surface area contributed by atoms with E-state index >= 15 is 0 Å². The number of fused-ring (bicyclic) bond motifs is 1. The van der Waals surface area contributed by atoms with Crippen LogP contribution in [0.3, 0.4) is 0 Å². The molecule has 0 aliphatic carbocycles. The fourth-order valence-corrected chi connectivity index (χ4v) is 3.09. The first-order valence-corrected chi connectivity index (χ1v) is 8.41. The van der Waals surface area contributed by atoms with E-state index in [9.17, 15) is 4.79 Å². The molecule has 0 aromatic heterocycles. The molecule has 0 fully saturated rings. The third kappa shape index (κ3) is 3.94. The molecule has 2 aromatic carbocycles. The summed E-state index contributed by atoms with van der Waals surface area (Å²) in [6.07, 6.45) is 0.166. The number of nitrogens with zero attached hydrogens (tertiary/aromatic N) is 1. The van der Waals surface area contributed by atoms with E-state index in [2.05, 4.69) is 10.2 Å². The topological polar surface area (TPSA) is 50.8 Å². The number of carbonyl (C=O) groups excluding carboxylic acids is 1. The van der Waals surface area contributed by atoms with Gasteiger partial charge >= 0.3 is 0 Å². The predicted molar refractivity (Wildman–Crippen MR) is 97.0 cm³/mol. The minimum atomic E-state index is -0.453. The average molecular weight is 340 g/mol. The van der Waals surface area contributed by atoms with Gasteiger partial charge in [-0.15, -0.1) is 0 Å². The van der Waals surface area contributed by atoms with E-state index in [-0.39, 0.29) is 11.9 Å². The fraction of sp³-hybridized carbons (Fsp3) is 0.350. The van der Waals surface area contributed by atoms with Gasteiger partial charge in [0.2, 0.25) is 0 Å². The Labute approximate surface area is 148 Å². The Kier molecular flexibility index (Phi) is 5.24. The second-order valence-electron chi connectivity index (χ2n) is 6.42. The molecule has 1 aliphatic heterocycles. The van der Waals surface area contributed by atoms with Gasteiger partial charge in [-0.05, 0) is 43.4 Å². The zero-order valence-corrected chi connectivity index (χ0v) is 14.9. The van der Waals surface area contributed by atoms with Gasteiger partial charge in [0.1, 0.15) is 11.5 Å². The lowest BCUT2D eigenvalue weighted by Gasteiger charge is -2.26. The summed E-state index contributed by atoms with van der Waals surface area (Å²) in [5.74, 6) is 1.54. The molecule has 1 aliphatic rings. The van der Waals surface area contributed by atoms with Gasteiger partial charge in [-0.1, -0.05) is 30.3 Å². The smallest absolute Gasteiger partial charge is 0.261 e. The van der Waals surface area contributed by atoms with Crippen molar-refractivity contribution < 1.29 is 14.3 Å². The van der Waals surface area contributed by atoms with Crippen LogP contribution in [0.25, 0.3) is 0 Å². The molecule has 0 unspecified atom stereocenters. The highest BCUT2D eigenvalue weighted by atomic mass is 16.5. The Morgan fingerprint density at radius 3 is 2.80 bits per heavy atom. The number of likely N-dealkylation sites (N-methyl/N-ethyl adjacent to an activating group) is 1. The van der Waals surface area contributed by atoms with Crippen molar-refractivity contribution in [3.8, 4) is 11.5 Å². The molecule has 5 heteroatoms. The molecule has 1 heterocycles. The van der Waals surface area contributed by atoms with E-state index in [1.807, 2.05) is 62.6 Å². The Balaban J connectivity index is 1.63. The number of ether oxygens (including phenoxy) is 2. The van der Waals surface area contributed by atoms with Crippen LogP contribution in [0.5, 0.6) is 11.5 Å². The Bertz CT molecular complexity index is 720. The Morgan fingerprint density at radius 2 is 2.08 bits per heavy atom. The molecule has 25 heavy (non-hydrogen) atoms. The van der Waals surface area contributed by atoms with Crippen LogP contribution in [-0.4, -0.2) is 44.7 Å². The largest absolute Gasteiger partial charge is 0.497 e. The molecule has 0 saturated heterocycles. The summed E-state index contributed by atoms with van der Waals surface area (Å²) in [5, 5.41) is 3.03. The first kappa shape index (κ1) is 17.3. The molecule has 1 N–H and O–H groups in total. The van der Waals surface area contributed by atoms with Gasteiger partial charge in [-0.2, -0.15) is 0 Å². The van der Waals surface area contributed by atoms with Gasteiger partial charge < -0.3 is 19.7 Å². The summed E-state index contributed by atoms with van der Waals surface area (Å²) >= 11 is 0. The maximum Gasteiger partial charge on any atom is 0.261 e. The lowest BCUT2D eigenvalue weighted by atomic mass is 10.1. The van der Waals surface area contributed by atoms with Crippen molar-refractivity contribution in [1.82, 2.24) is 10.2 Å². The van der Waals surface area contributed by atoms with E-state index < -0.39 is 6.10 Å². The number of benzene rings is 2. The van der Waals surface area contributed by atoms with Gasteiger partial charge in [0.15, 0.2) is 6.10 Å². The number of carbonyl (C=O) groups is 1. The molecule has 2 atom stereocenters. The number of para-hydroxylation sites is 1. The summed E-state index contributed by atoms with van der Waals surface area (Å²) in [7, 11) is 5.65. The first-order valence-electron chi connectivity index (χ1n) is 8.41. The molecule has 2 aromatic rings. The standard InChI is InChI=1S/C20H24N2O3/c1-22(2)17(14-8-6-9-16(11-14)24-3)13-21-20(23)19-12-15-7-4-5-10-18(15)25-19/h4-11,17,19H,12-13H2,1-3H3,(H,21,23)/t17-,19+/m1/s1. The molecular weight excluding hydrogens is 316 g/mol. The summed E-state index contributed by atoms with van der Waals surface area (Å²) in [6.45, 7) is 0.509. The van der Waals surface area contributed by atoms with Crippen LogP contribution in [0.2, 0.25) is 0 Å². The SMILES string of the molecule is COc1cccc([C@@H](CNC(=O)[C@@H]2Cc3ccccc3O2)N(C)C)c1. The second-order valence-corrected chi connectivity index (χ2v) is 6.42. The van der Waals surface area contributed by atoms with Crippen LogP contribution in [0.15, 0.2) is 48.5 Å². The van der Waals surface area contributed by atoms with Crippen molar-refractivity contribution in [1.29, 1.82) is 0 Å². The quantitative estimate of drug-likeness (QED) is 0.877. The zero-order valence-electron chi connectivity index (χ0n) is 14.9. The molecule has 0 saturated carbocycles. The number of rotatable bonds is 6. The molecule has 0 radical (unpaired) electrons. The van der Waals surface area contributed by atoms with Crippen molar-refractivity contribution in [3.05, 3.63) is 59.7 Å². The van der Waals surface area contributed by atoms with E-state index in [0.29, 0.717) is 13.0 Å². The normalized spacial score (nSPS) is 16.9. The molecular formula is C20H24N2O3. The minimum absolute atomic E-state index is 0.0582. The number of amides is 1. The predicted octanol–water partition coefficient (Wildman–Crippen LogP) is 2.42. The Morgan fingerprint density at radius 1 is 1.28 bits per heavy atom. The van der Waals surface area contributed by atoms with Crippen molar-refractivity contribution in [2.75, 3.05) is 27.7 Å². The van der Waals surface area contributed by atoms with Crippen LogP contribution in [0.4, 0.5) is 0 Å². The number of nitrogens with one attached hydrogen (secondary N) is 1. The maximum absolute atomic E-state index is 12.5. The van der Waals surface area contributed by atoms with Gasteiger partial charge in [-0.25, -0.2) is 0 Å². The van der Waals surface area contributed by atoms with Gasteiger partial charge in [0.25, 0.3) is 5.91 Å². The summed E-state index contributed by atoms with van der Waals surface area (Å²) in [5.41, 5.74) is 2.18. The summed E-state index contributed by atoms with van der Waals surface area (Å²) in [4.78, 5) is 14.6. The molecule has 3 rings (SSSR count). The van der Waals surface area contributed by atoms with Crippen LogP contribution >= 0.6 is 0 Å². The van der Waals surface area contributed by atoms with E-state index in [1.54, 1.807) is 7.11 Å². The van der Waals surface area contributed by atoms with Crippen LogP contribution in [-0.2, 0) is 11.2 Å². The van der Waals surface area contributed by atoms with Crippen LogP contribution < -0.4 is 14.8 Å². The third-order valence-electron chi connectivity index (χ3n) is 4.51. The van der Waals surface area contributed by atoms with Crippen molar-refractivity contribution >= 4 is 5.91 Å². The maximum atomic E-state index is 12.5. The second kappa shape index (κ2) is 7.57. The van der Waals surface area contributed by atoms with Crippen molar-refractivity contribution in [2.45, 2.75) is 18.6 Å². The summed E-state index contributed by atoms with van der Waals surface area (Å²) < 4.78 is 11.1. The summed E-state index contributed by atoms with van der Waals surface area (Å²) in [6, 6.07) is 15.8. The molecule has 0 spiro atoms. The van der Waals surface area contributed by atoms with E-state index in [1.165, 1.54) is 0 Å². The fourth-order valence-electron chi connectivity index (χ4n) is 3.09. The number of hydrogen-bond donors (Lipinski definition) is 1. The van der Waals surface area contributed by atoms with Gasteiger partial charge in [-0.3, -0.25) is 4.79 Å². The van der Waals surface area contributed by atoms with Gasteiger partial charge in [0.05, 0.1) is 13.2 Å². The van der Waals surface area contributed by atoms with Crippen LogP contribution in [0, 0.1) is 0 Å². The lowest BCUT2D eigenvalue weighted by Crippen LogP contribution is -2.41. The van der Waals surface area contributed by atoms with Gasteiger partial charge in [0, 0.05) is 13.0 Å². The highest BCUT2D eigenvalue weighted by Gasteiger charge is 2.29. The molecule has 1 amide bonds. The average Bonchev–Trinajstić information content (AvgIpc) is 3.06. The zero-order chi connectivity index (χ0) is 17.8. The molecule has 5 nitrogen and oxygen atoms in total. The van der Waals surface area contributed by atoms with Crippen molar-refractivity contribution in [2.24, 2.45) is 0 Å². The Hall–Kier alpha value is -2.53. The highest BCUT2D eigenvalue weighted by molar-refractivity contribution is 5.82. The monoisotopic (exact) mass is 340 g/mol. The molecule has 132 valence electrons. The van der Waals surface area contributed by atoms with Crippen LogP contribution in [0.1, 0.15) is 17.2 Å². The highest BCUT2D eigenvalue weighted by Crippen LogP contribution is 2.28. The van der Waals surface area contributed by atoms with E-state index in [0.717, 1.165) is 22.6 Å². The number of methoxy groups -OCH3 is 1. The minimum Gasteiger partial charge on any atom is -0.497 e. The first-order chi connectivity index (χ1) is 12.1. The lowest BCUT2D eigenvalue weighted by molar-refractivity contribution is -0.127. The third-order valence-corrected chi connectivity index (χ3v) is 4.51.